The van der Waals surface area contributed by atoms with E-state index in [1.807, 2.05) is 18.7 Å². The van der Waals surface area contributed by atoms with Crippen LogP contribution in [0.5, 0.6) is 0 Å². The van der Waals surface area contributed by atoms with Crippen molar-refractivity contribution in [2.75, 3.05) is 31.5 Å². The van der Waals surface area contributed by atoms with E-state index in [0.29, 0.717) is 13.1 Å². The molecule has 1 N–H and O–H groups in total. The van der Waals surface area contributed by atoms with Crippen LogP contribution in [0.3, 0.4) is 0 Å². The number of likely N-dealkylation sites (N-methyl/N-ethyl adjacent to an activating group) is 2. The molecule has 162 valence electrons. The van der Waals surface area contributed by atoms with Gasteiger partial charge in [-0.25, -0.2) is 0 Å². The first kappa shape index (κ1) is 23.2. The number of nitrogens with zero attached hydrogens (tertiary/aromatic N) is 2. The molecule has 1 aliphatic carbocycles. The lowest BCUT2D eigenvalue weighted by atomic mass is 9.94. The topological polar surface area (TPSA) is 52.7 Å². The number of para-hydroxylation sites is 1. The molecule has 0 aromatic heterocycles. The van der Waals surface area contributed by atoms with E-state index in [0.717, 1.165) is 31.7 Å². The first-order valence-corrected chi connectivity index (χ1v) is 10.2. The largest absolute Gasteiger partial charge is 0.418 e. The Morgan fingerprint density at radius 2 is 1.69 bits per heavy atom. The van der Waals surface area contributed by atoms with Crippen molar-refractivity contribution in [1.29, 1.82) is 0 Å². The van der Waals surface area contributed by atoms with Gasteiger partial charge in [0, 0.05) is 12.6 Å². The molecule has 1 aliphatic rings. The van der Waals surface area contributed by atoms with E-state index in [9.17, 15) is 22.8 Å². The summed E-state index contributed by atoms with van der Waals surface area (Å²) in [6.07, 6.45) is 0.884. The number of carbonyl (C=O) groups excluding carboxylic acids is 2. The molecule has 0 heterocycles. The molecule has 1 aromatic carbocycles. The van der Waals surface area contributed by atoms with Crippen molar-refractivity contribution in [2.45, 2.75) is 58.2 Å². The smallest absolute Gasteiger partial charge is 0.339 e. The summed E-state index contributed by atoms with van der Waals surface area (Å²) in [6.45, 7) is 4.77. The number of carbonyl (C=O) groups is 2. The molecule has 2 amide bonds. The van der Waals surface area contributed by atoms with Crippen LogP contribution in [-0.4, -0.2) is 53.8 Å². The molecule has 1 fully saturated rings. The van der Waals surface area contributed by atoms with Gasteiger partial charge in [0.05, 0.1) is 24.3 Å². The van der Waals surface area contributed by atoms with Gasteiger partial charge in [0.15, 0.2) is 0 Å². The molecule has 5 nitrogen and oxygen atoms in total. The minimum atomic E-state index is -4.55. The highest BCUT2D eigenvalue weighted by atomic mass is 19.4. The average molecular weight is 413 g/mol. The van der Waals surface area contributed by atoms with E-state index in [4.69, 9.17) is 0 Å². The van der Waals surface area contributed by atoms with Crippen LogP contribution in [0.1, 0.15) is 51.5 Å². The Bertz CT molecular complexity index is 688. The number of nitrogens with one attached hydrogen (secondary N) is 1. The van der Waals surface area contributed by atoms with Gasteiger partial charge in [-0.15, -0.1) is 0 Å². The van der Waals surface area contributed by atoms with Gasteiger partial charge in [-0.3, -0.25) is 14.5 Å². The van der Waals surface area contributed by atoms with Gasteiger partial charge in [0.2, 0.25) is 11.8 Å². The van der Waals surface area contributed by atoms with Crippen molar-refractivity contribution in [1.82, 2.24) is 9.80 Å². The second kappa shape index (κ2) is 10.6. The summed E-state index contributed by atoms with van der Waals surface area (Å²) < 4.78 is 39.3. The maximum atomic E-state index is 13.1. The van der Waals surface area contributed by atoms with Crippen molar-refractivity contribution in [3.8, 4) is 0 Å². The van der Waals surface area contributed by atoms with Gasteiger partial charge in [-0.1, -0.05) is 38.3 Å². The highest BCUT2D eigenvalue weighted by molar-refractivity contribution is 5.93. The molecule has 0 aliphatic heterocycles. The predicted molar refractivity (Wildman–Crippen MR) is 106 cm³/mol. The molecule has 1 saturated carbocycles. The van der Waals surface area contributed by atoms with Crippen molar-refractivity contribution >= 4 is 17.5 Å². The lowest BCUT2D eigenvalue weighted by molar-refractivity contribution is -0.137. The molecular formula is C21H30F3N3O2. The van der Waals surface area contributed by atoms with Gasteiger partial charge in [-0.2, -0.15) is 13.2 Å². The fourth-order valence-electron chi connectivity index (χ4n) is 3.82. The number of amides is 2. The Kier molecular flexibility index (Phi) is 8.49. The van der Waals surface area contributed by atoms with Crippen LogP contribution in [0.25, 0.3) is 0 Å². The Balaban J connectivity index is 1.97. The third-order valence-electron chi connectivity index (χ3n) is 5.36. The molecule has 29 heavy (non-hydrogen) atoms. The van der Waals surface area contributed by atoms with Gasteiger partial charge < -0.3 is 10.2 Å². The molecule has 0 unspecified atom stereocenters. The summed E-state index contributed by atoms with van der Waals surface area (Å²) in [5, 5.41) is 2.34. The zero-order valence-corrected chi connectivity index (χ0v) is 17.1. The number of rotatable bonds is 8. The maximum absolute atomic E-state index is 13.1. The van der Waals surface area contributed by atoms with Crippen molar-refractivity contribution < 1.29 is 22.8 Å². The standard InChI is InChI=1S/C21H30F3N3O2/c1-3-26(15-20(29)27(4-2)16-10-6-5-7-11-16)14-19(28)25-18-13-9-8-12-17(18)21(22,23)24/h8-9,12-13,16H,3-7,10-11,14-15H2,1-2H3,(H,25,28). The molecule has 8 heteroatoms. The predicted octanol–water partition coefficient (Wildman–Crippen LogP) is 4.15. The van der Waals surface area contributed by atoms with E-state index in [2.05, 4.69) is 5.32 Å². The number of halogens is 3. The zero-order chi connectivity index (χ0) is 21.4. The second-order valence-corrected chi connectivity index (χ2v) is 7.37. The maximum Gasteiger partial charge on any atom is 0.418 e. The Hall–Kier alpha value is -2.09. The third kappa shape index (κ3) is 6.73. The van der Waals surface area contributed by atoms with Gasteiger partial charge in [-0.05, 0) is 38.4 Å². The highest BCUT2D eigenvalue weighted by Gasteiger charge is 2.33. The lowest BCUT2D eigenvalue weighted by Gasteiger charge is -2.35. The fraction of sp³-hybridized carbons (Fsp3) is 0.619. The van der Waals surface area contributed by atoms with Crippen LogP contribution in [0, 0.1) is 0 Å². The number of benzene rings is 1. The fourth-order valence-corrected chi connectivity index (χ4v) is 3.82. The molecule has 0 saturated heterocycles. The van der Waals surface area contributed by atoms with Crippen LogP contribution in [0.4, 0.5) is 18.9 Å². The minimum Gasteiger partial charge on any atom is -0.339 e. The van der Waals surface area contributed by atoms with Gasteiger partial charge in [0.25, 0.3) is 0 Å². The second-order valence-electron chi connectivity index (χ2n) is 7.37. The average Bonchev–Trinajstić information content (AvgIpc) is 2.68. The highest BCUT2D eigenvalue weighted by Crippen LogP contribution is 2.34. The minimum absolute atomic E-state index is 0.0373. The summed E-state index contributed by atoms with van der Waals surface area (Å²) in [5.41, 5.74) is -1.16. The number of hydrogen-bond acceptors (Lipinski definition) is 3. The van der Waals surface area contributed by atoms with Crippen LogP contribution in [-0.2, 0) is 15.8 Å². The van der Waals surface area contributed by atoms with E-state index < -0.39 is 17.6 Å². The lowest BCUT2D eigenvalue weighted by Crippen LogP contribution is -2.47. The van der Waals surface area contributed by atoms with Gasteiger partial charge >= 0.3 is 6.18 Å². The molecule has 0 radical (unpaired) electrons. The molecule has 0 spiro atoms. The molecule has 1 aromatic rings. The molecule has 0 atom stereocenters. The normalized spacial score (nSPS) is 15.4. The van der Waals surface area contributed by atoms with Crippen molar-refractivity contribution in [2.24, 2.45) is 0 Å². The van der Waals surface area contributed by atoms with Crippen LogP contribution in [0.2, 0.25) is 0 Å². The SMILES string of the molecule is CCN(CC(=O)Nc1ccccc1C(F)(F)F)CC(=O)N(CC)C1CCCCC1. The number of anilines is 1. The van der Waals surface area contributed by atoms with E-state index in [-0.39, 0.29) is 30.7 Å². The quantitative estimate of drug-likeness (QED) is 0.697. The summed E-state index contributed by atoms with van der Waals surface area (Å²) in [5.74, 6) is -0.609. The first-order valence-electron chi connectivity index (χ1n) is 10.2. The Labute approximate surface area is 170 Å². The van der Waals surface area contributed by atoms with E-state index in [1.165, 1.54) is 24.6 Å². The monoisotopic (exact) mass is 413 g/mol. The number of hydrogen-bond donors (Lipinski definition) is 1. The summed E-state index contributed by atoms with van der Waals surface area (Å²) in [4.78, 5) is 28.6. The molecule has 2 rings (SSSR count). The van der Waals surface area contributed by atoms with Crippen molar-refractivity contribution in [3.05, 3.63) is 29.8 Å². The number of alkyl halides is 3. The Morgan fingerprint density at radius 1 is 1.03 bits per heavy atom. The summed E-state index contributed by atoms with van der Waals surface area (Å²) in [7, 11) is 0. The molecular weight excluding hydrogens is 383 g/mol. The third-order valence-corrected chi connectivity index (χ3v) is 5.36. The van der Waals surface area contributed by atoms with Gasteiger partial charge in [0.1, 0.15) is 0 Å². The van der Waals surface area contributed by atoms with Crippen LogP contribution in [0.15, 0.2) is 24.3 Å². The summed E-state index contributed by atoms with van der Waals surface area (Å²) in [6, 6.07) is 5.12. The zero-order valence-electron chi connectivity index (χ0n) is 17.1. The Morgan fingerprint density at radius 3 is 2.28 bits per heavy atom. The first-order chi connectivity index (χ1) is 13.8. The van der Waals surface area contributed by atoms with Crippen molar-refractivity contribution in [3.63, 3.8) is 0 Å². The molecule has 0 bridgehead atoms. The van der Waals surface area contributed by atoms with E-state index >= 15 is 0 Å². The van der Waals surface area contributed by atoms with E-state index in [1.54, 1.807) is 4.90 Å². The van der Waals surface area contributed by atoms with Crippen LogP contribution < -0.4 is 5.32 Å². The van der Waals surface area contributed by atoms with Crippen LogP contribution >= 0.6 is 0 Å². The summed E-state index contributed by atoms with van der Waals surface area (Å²) >= 11 is 0.